The zero-order valence-corrected chi connectivity index (χ0v) is 19.0. The summed E-state index contributed by atoms with van der Waals surface area (Å²) in [6.45, 7) is 0. The van der Waals surface area contributed by atoms with Gasteiger partial charge in [0.1, 0.15) is 5.82 Å². The van der Waals surface area contributed by atoms with E-state index >= 15 is 0 Å². The summed E-state index contributed by atoms with van der Waals surface area (Å²) in [4.78, 5) is 16.9. The van der Waals surface area contributed by atoms with Gasteiger partial charge in [0, 0.05) is 23.6 Å². The van der Waals surface area contributed by atoms with E-state index in [0.717, 1.165) is 15.8 Å². The van der Waals surface area contributed by atoms with E-state index in [0.29, 0.717) is 21.0 Å². The Morgan fingerprint density at radius 2 is 1.84 bits per heavy atom. The predicted octanol–water partition coefficient (Wildman–Crippen LogP) is 5.25. The van der Waals surface area contributed by atoms with Gasteiger partial charge in [-0.1, -0.05) is 53.4 Å². The minimum Gasteiger partial charge on any atom is -0.306 e. The molecule has 0 aliphatic carbocycles. The summed E-state index contributed by atoms with van der Waals surface area (Å²) < 4.78 is 4.87. The first-order valence-corrected chi connectivity index (χ1v) is 11.9. The van der Waals surface area contributed by atoms with Crippen molar-refractivity contribution >= 4 is 52.7 Å². The Hall–Kier alpha value is -3.34. The van der Waals surface area contributed by atoms with Gasteiger partial charge in [-0.2, -0.15) is 9.61 Å². The summed E-state index contributed by atoms with van der Waals surface area (Å²) in [6.07, 6.45) is 3.27. The van der Waals surface area contributed by atoms with Crippen molar-refractivity contribution in [2.45, 2.75) is 10.1 Å². The Balaban J connectivity index is 1.30. The summed E-state index contributed by atoms with van der Waals surface area (Å²) in [6, 6.07) is 20.9. The maximum absolute atomic E-state index is 12.7. The monoisotopic (exact) mass is 476 g/mol. The highest BCUT2D eigenvalue weighted by atomic mass is 32.2. The Labute approximate surface area is 196 Å². The van der Waals surface area contributed by atoms with Gasteiger partial charge in [-0.15, -0.1) is 5.10 Å². The zero-order valence-electron chi connectivity index (χ0n) is 16.6. The van der Waals surface area contributed by atoms with Crippen LogP contribution in [0.1, 0.15) is 15.9 Å². The van der Waals surface area contributed by atoms with Crippen molar-refractivity contribution in [3.63, 3.8) is 0 Å². The SMILES string of the molecule is O=C(Nc1ccnc2ccnn12)c1ccc(-n2nc(SCc3ccccc3)sc2=S)cc1. The van der Waals surface area contributed by atoms with Crippen LogP contribution < -0.4 is 5.32 Å². The van der Waals surface area contributed by atoms with Gasteiger partial charge in [-0.3, -0.25) is 4.79 Å². The molecule has 1 amide bonds. The number of carbonyl (C=O) groups excluding carboxylic acids is 1. The first-order chi connectivity index (χ1) is 15.7. The molecular weight excluding hydrogens is 460 g/mol. The Bertz CT molecular complexity index is 1440. The third-order valence-electron chi connectivity index (χ3n) is 4.64. The number of aromatic nitrogens is 5. The smallest absolute Gasteiger partial charge is 0.256 e. The number of hydrogen-bond acceptors (Lipinski definition) is 7. The number of rotatable bonds is 6. The molecule has 5 rings (SSSR count). The van der Waals surface area contributed by atoms with Gasteiger partial charge in [-0.25, -0.2) is 9.67 Å². The molecule has 3 aromatic heterocycles. The van der Waals surface area contributed by atoms with Gasteiger partial charge in [0.25, 0.3) is 5.91 Å². The maximum atomic E-state index is 12.7. The van der Waals surface area contributed by atoms with Gasteiger partial charge in [0.15, 0.2) is 13.9 Å². The van der Waals surface area contributed by atoms with Crippen molar-refractivity contribution in [3.8, 4) is 5.69 Å². The number of amides is 1. The highest BCUT2D eigenvalue weighted by molar-refractivity contribution is 8.00. The number of anilines is 1. The highest BCUT2D eigenvalue weighted by Gasteiger charge is 2.11. The summed E-state index contributed by atoms with van der Waals surface area (Å²) in [7, 11) is 0. The topological polar surface area (TPSA) is 77.1 Å². The van der Waals surface area contributed by atoms with Crippen LogP contribution in [-0.4, -0.2) is 30.3 Å². The van der Waals surface area contributed by atoms with Crippen LogP contribution in [-0.2, 0) is 5.75 Å². The minimum atomic E-state index is -0.236. The van der Waals surface area contributed by atoms with Crippen molar-refractivity contribution in [1.29, 1.82) is 0 Å². The third-order valence-corrected chi connectivity index (χ3v) is 7.08. The van der Waals surface area contributed by atoms with Crippen LogP contribution in [0.4, 0.5) is 5.82 Å². The van der Waals surface area contributed by atoms with E-state index in [9.17, 15) is 4.79 Å². The second kappa shape index (κ2) is 9.03. The molecule has 0 spiro atoms. The second-order valence-electron chi connectivity index (χ2n) is 6.75. The molecule has 158 valence electrons. The quantitative estimate of drug-likeness (QED) is 0.266. The summed E-state index contributed by atoms with van der Waals surface area (Å²) >= 11 is 8.64. The van der Waals surface area contributed by atoms with Gasteiger partial charge in [-0.05, 0) is 48.1 Å². The van der Waals surface area contributed by atoms with Crippen LogP contribution in [0.5, 0.6) is 0 Å². The fraction of sp³-hybridized carbons (Fsp3) is 0.0455. The molecule has 3 heterocycles. The van der Waals surface area contributed by atoms with Gasteiger partial charge in [0.2, 0.25) is 0 Å². The van der Waals surface area contributed by atoms with E-state index in [2.05, 4.69) is 32.6 Å². The van der Waals surface area contributed by atoms with Gasteiger partial charge < -0.3 is 5.32 Å². The summed E-state index contributed by atoms with van der Waals surface area (Å²) in [5.74, 6) is 1.15. The molecule has 1 N–H and O–H groups in total. The molecule has 5 aromatic rings. The van der Waals surface area contributed by atoms with E-state index in [-0.39, 0.29) is 5.91 Å². The second-order valence-corrected chi connectivity index (χ2v) is 9.60. The van der Waals surface area contributed by atoms with Crippen LogP contribution in [0.3, 0.4) is 0 Å². The largest absolute Gasteiger partial charge is 0.306 e. The van der Waals surface area contributed by atoms with Crippen LogP contribution in [0.2, 0.25) is 0 Å². The molecule has 0 saturated heterocycles. The molecule has 0 unspecified atom stereocenters. The Kier molecular flexibility index (Phi) is 5.80. The van der Waals surface area contributed by atoms with E-state index in [1.54, 1.807) is 57.6 Å². The van der Waals surface area contributed by atoms with Gasteiger partial charge in [0.05, 0.1) is 11.9 Å². The average molecular weight is 477 g/mol. The van der Waals surface area contributed by atoms with Crippen LogP contribution in [0.15, 0.2) is 83.5 Å². The first kappa shape index (κ1) is 20.6. The number of hydrogen-bond donors (Lipinski definition) is 1. The molecule has 0 atom stereocenters. The molecule has 2 aromatic carbocycles. The Morgan fingerprint density at radius 3 is 2.66 bits per heavy atom. The first-order valence-electron chi connectivity index (χ1n) is 9.65. The molecule has 0 bridgehead atoms. The van der Waals surface area contributed by atoms with Crippen molar-refractivity contribution in [2.75, 3.05) is 5.32 Å². The number of nitrogens with zero attached hydrogens (tertiary/aromatic N) is 5. The molecule has 32 heavy (non-hydrogen) atoms. The van der Waals surface area contributed by atoms with E-state index in [1.807, 2.05) is 30.3 Å². The predicted molar refractivity (Wildman–Crippen MR) is 129 cm³/mol. The number of nitrogens with one attached hydrogen (secondary N) is 1. The fourth-order valence-corrected chi connectivity index (χ4v) is 5.39. The molecule has 0 fully saturated rings. The summed E-state index contributed by atoms with van der Waals surface area (Å²) in [5, 5.41) is 11.7. The molecule has 0 aliphatic heterocycles. The highest BCUT2D eigenvalue weighted by Crippen LogP contribution is 2.27. The van der Waals surface area contributed by atoms with Crippen molar-refractivity contribution < 1.29 is 4.79 Å². The summed E-state index contributed by atoms with van der Waals surface area (Å²) in [5.41, 5.74) is 3.23. The average Bonchev–Trinajstić information content (AvgIpc) is 3.45. The molecular formula is C22H16N6OS3. The number of thioether (sulfide) groups is 1. The number of fused-ring (bicyclic) bond motifs is 1. The lowest BCUT2D eigenvalue weighted by Gasteiger charge is -2.07. The van der Waals surface area contributed by atoms with E-state index in [4.69, 9.17) is 12.2 Å². The third kappa shape index (κ3) is 4.33. The van der Waals surface area contributed by atoms with Crippen LogP contribution >= 0.6 is 35.3 Å². The molecule has 0 saturated carbocycles. The number of carbonyl (C=O) groups is 1. The zero-order chi connectivity index (χ0) is 21.9. The lowest BCUT2D eigenvalue weighted by Crippen LogP contribution is -2.15. The van der Waals surface area contributed by atoms with E-state index < -0.39 is 0 Å². The van der Waals surface area contributed by atoms with Gasteiger partial charge >= 0.3 is 0 Å². The van der Waals surface area contributed by atoms with Crippen LogP contribution in [0.25, 0.3) is 11.3 Å². The molecule has 0 aliphatic rings. The fourth-order valence-electron chi connectivity index (χ4n) is 3.07. The van der Waals surface area contributed by atoms with Crippen LogP contribution in [0, 0.1) is 3.95 Å². The van der Waals surface area contributed by atoms with Crippen molar-refractivity contribution in [1.82, 2.24) is 24.4 Å². The Morgan fingerprint density at radius 1 is 1.03 bits per heavy atom. The standard InChI is InChI=1S/C22H16N6OS3/c29-20(25-19-10-12-23-18-11-13-24-28(18)19)16-6-8-17(9-7-16)27-22(30)32-21(26-27)31-14-15-4-2-1-3-5-15/h1-13H,14H2,(H,25,29). The number of benzene rings is 2. The molecule has 0 radical (unpaired) electrons. The lowest BCUT2D eigenvalue weighted by atomic mass is 10.2. The van der Waals surface area contributed by atoms with Crippen molar-refractivity contribution in [2.24, 2.45) is 0 Å². The molecule has 7 nitrogen and oxygen atoms in total. The lowest BCUT2D eigenvalue weighted by molar-refractivity contribution is 0.102. The normalized spacial score (nSPS) is 11.0. The minimum absolute atomic E-state index is 0.236. The van der Waals surface area contributed by atoms with Crippen molar-refractivity contribution in [3.05, 3.63) is 94.2 Å². The maximum Gasteiger partial charge on any atom is 0.256 e. The molecule has 10 heteroatoms. The van der Waals surface area contributed by atoms with E-state index in [1.165, 1.54) is 16.9 Å².